The topological polar surface area (TPSA) is 131 Å². The predicted octanol–water partition coefficient (Wildman–Crippen LogP) is 3.69. The first-order valence-electron chi connectivity index (χ1n) is 12.0. The van der Waals surface area contributed by atoms with E-state index in [4.69, 9.17) is 30.5 Å². The molecule has 2 amide bonds. The summed E-state index contributed by atoms with van der Waals surface area (Å²) in [5.74, 6) is 1.18. The maximum Gasteiger partial charge on any atom is 0.325 e. The van der Waals surface area contributed by atoms with Crippen LogP contribution in [-0.2, 0) is 4.74 Å². The van der Waals surface area contributed by atoms with Gasteiger partial charge in [0.25, 0.3) is 5.88 Å². The summed E-state index contributed by atoms with van der Waals surface area (Å²) in [6.45, 7) is 5.63. The number of carbonyl (C=O) groups is 1. The fourth-order valence-electron chi connectivity index (χ4n) is 3.77. The molecule has 4 rings (SSSR count). The lowest BCUT2D eigenvalue weighted by molar-refractivity contribution is 0.0358. The quantitative estimate of drug-likeness (QED) is 0.571. The van der Waals surface area contributed by atoms with Gasteiger partial charge in [-0.2, -0.15) is 10.2 Å². The van der Waals surface area contributed by atoms with Crippen LogP contribution in [-0.4, -0.2) is 73.6 Å². The van der Waals surface area contributed by atoms with Crippen LogP contribution in [0.5, 0.6) is 17.4 Å². The minimum absolute atomic E-state index is 0.0585. The number of nitriles is 1. The Bertz CT molecular complexity index is 1090. The van der Waals surface area contributed by atoms with Crippen molar-refractivity contribution in [1.82, 2.24) is 14.9 Å². The molecule has 0 aliphatic carbocycles. The number of halogens is 1. The van der Waals surface area contributed by atoms with Crippen LogP contribution in [0.25, 0.3) is 0 Å². The molecule has 2 aliphatic heterocycles. The zero-order valence-electron chi connectivity index (χ0n) is 19.9. The van der Waals surface area contributed by atoms with Gasteiger partial charge in [-0.25, -0.2) is 9.78 Å². The number of urea groups is 1. The molecule has 2 N–H and O–H groups in total. The standard InChI is InChI=1S/C24H29ClN6O5/c25-17-13-18-21(14-20(17)34-10-4-5-31-6-11-33-12-7-31)35-8-2-1-3-9-36-23-19(15-26)27-16-22(29-23)30-24(32)28-18/h13-14,16H,1-12H2,(H2,28,29,30,32). The maximum absolute atomic E-state index is 12.7. The molecule has 0 radical (unpaired) electrons. The predicted molar refractivity (Wildman–Crippen MR) is 133 cm³/mol. The van der Waals surface area contributed by atoms with Crippen molar-refractivity contribution in [3.63, 3.8) is 0 Å². The number of nitrogens with zero attached hydrogens (tertiary/aromatic N) is 4. The molecule has 1 aromatic heterocycles. The van der Waals surface area contributed by atoms with Crippen LogP contribution < -0.4 is 24.8 Å². The number of rotatable bonds is 5. The number of ether oxygens (including phenoxy) is 4. The Morgan fingerprint density at radius 3 is 2.72 bits per heavy atom. The molecule has 0 atom stereocenters. The first-order chi connectivity index (χ1) is 17.6. The summed E-state index contributed by atoms with van der Waals surface area (Å²) in [7, 11) is 0. The van der Waals surface area contributed by atoms with Crippen LogP contribution in [0.1, 0.15) is 31.4 Å². The summed E-state index contributed by atoms with van der Waals surface area (Å²) >= 11 is 6.47. The molecule has 2 aromatic rings. The van der Waals surface area contributed by atoms with Gasteiger partial charge in [-0.3, -0.25) is 10.2 Å². The monoisotopic (exact) mass is 516 g/mol. The molecular formula is C24H29ClN6O5. The molecule has 36 heavy (non-hydrogen) atoms. The fourth-order valence-corrected chi connectivity index (χ4v) is 3.99. The maximum atomic E-state index is 12.7. The lowest BCUT2D eigenvalue weighted by atomic mass is 10.2. The third-order valence-electron chi connectivity index (χ3n) is 5.64. The van der Waals surface area contributed by atoms with Crippen LogP contribution in [0.4, 0.5) is 16.3 Å². The molecular weight excluding hydrogens is 488 g/mol. The molecule has 0 unspecified atom stereocenters. The van der Waals surface area contributed by atoms with Crippen molar-refractivity contribution in [3.8, 4) is 23.4 Å². The highest BCUT2D eigenvalue weighted by molar-refractivity contribution is 6.32. The zero-order chi connectivity index (χ0) is 25.2. The number of amides is 2. The van der Waals surface area contributed by atoms with E-state index in [1.807, 2.05) is 6.07 Å². The molecule has 2 aliphatic rings. The van der Waals surface area contributed by atoms with E-state index in [1.165, 1.54) is 6.20 Å². The molecule has 1 fully saturated rings. The fraction of sp³-hybridized carbons (Fsp3) is 0.500. The van der Waals surface area contributed by atoms with Crippen molar-refractivity contribution in [2.24, 2.45) is 0 Å². The Labute approximate surface area is 214 Å². The van der Waals surface area contributed by atoms with E-state index in [-0.39, 0.29) is 17.4 Å². The van der Waals surface area contributed by atoms with Gasteiger partial charge in [0.05, 0.1) is 49.9 Å². The molecule has 0 spiro atoms. The Morgan fingerprint density at radius 2 is 1.92 bits per heavy atom. The molecule has 2 bridgehead atoms. The van der Waals surface area contributed by atoms with Gasteiger partial charge >= 0.3 is 6.03 Å². The lowest BCUT2D eigenvalue weighted by Gasteiger charge is -2.26. The van der Waals surface area contributed by atoms with Gasteiger partial charge in [0, 0.05) is 25.7 Å². The number of hydrogen-bond donors (Lipinski definition) is 2. The highest BCUT2D eigenvalue weighted by Crippen LogP contribution is 2.36. The second kappa shape index (κ2) is 13.1. The van der Waals surface area contributed by atoms with E-state index in [1.54, 1.807) is 12.1 Å². The Hall–Kier alpha value is -3.33. The second-order valence-electron chi connectivity index (χ2n) is 8.29. The van der Waals surface area contributed by atoms with Gasteiger partial charge in [0.1, 0.15) is 17.6 Å². The van der Waals surface area contributed by atoms with Crippen LogP contribution >= 0.6 is 11.6 Å². The second-order valence-corrected chi connectivity index (χ2v) is 8.70. The van der Waals surface area contributed by atoms with Crippen LogP contribution in [0, 0.1) is 11.3 Å². The Morgan fingerprint density at radius 1 is 1.11 bits per heavy atom. The summed E-state index contributed by atoms with van der Waals surface area (Å²) in [5, 5.41) is 14.9. The van der Waals surface area contributed by atoms with Gasteiger partial charge in [0.2, 0.25) is 5.69 Å². The number of hydrogen-bond acceptors (Lipinski definition) is 9. The van der Waals surface area contributed by atoms with Crippen LogP contribution in [0.2, 0.25) is 5.02 Å². The number of morpholine rings is 1. The number of carbonyl (C=O) groups excluding carboxylic acids is 1. The molecule has 12 heteroatoms. The molecule has 1 saturated heterocycles. The van der Waals surface area contributed by atoms with E-state index >= 15 is 0 Å². The zero-order valence-corrected chi connectivity index (χ0v) is 20.7. The summed E-state index contributed by atoms with van der Waals surface area (Å²) in [4.78, 5) is 23.2. The van der Waals surface area contributed by atoms with Gasteiger partial charge in [-0.05, 0) is 31.7 Å². The van der Waals surface area contributed by atoms with Crippen molar-refractivity contribution in [2.45, 2.75) is 25.7 Å². The normalized spacial score (nSPS) is 17.1. The number of aromatic nitrogens is 2. The van der Waals surface area contributed by atoms with Crippen molar-refractivity contribution >= 4 is 29.1 Å². The van der Waals surface area contributed by atoms with E-state index < -0.39 is 6.03 Å². The van der Waals surface area contributed by atoms with Gasteiger partial charge in [0.15, 0.2) is 5.82 Å². The molecule has 11 nitrogen and oxygen atoms in total. The third-order valence-corrected chi connectivity index (χ3v) is 5.93. The number of fused-ring (bicyclic) bond motifs is 3. The lowest BCUT2D eigenvalue weighted by Crippen LogP contribution is -2.37. The van der Waals surface area contributed by atoms with E-state index in [9.17, 15) is 10.1 Å². The summed E-state index contributed by atoms with van der Waals surface area (Å²) in [5.41, 5.74) is 0.453. The highest BCUT2D eigenvalue weighted by Gasteiger charge is 2.17. The van der Waals surface area contributed by atoms with E-state index in [0.29, 0.717) is 42.0 Å². The largest absolute Gasteiger partial charge is 0.492 e. The van der Waals surface area contributed by atoms with Crippen LogP contribution in [0.15, 0.2) is 18.3 Å². The first kappa shape index (κ1) is 25.8. The smallest absolute Gasteiger partial charge is 0.325 e. The summed E-state index contributed by atoms with van der Waals surface area (Å²) < 4.78 is 22.9. The van der Waals surface area contributed by atoms with Gasteiger partial charge in [-0.15, -0.1) is 0 Å². The van der Waals surface area contributed by atoms with Gasteiger partial charge < -0.3 is 24.3 Å². The number of nitrogens with one attached hydrogen (secondary N) is 2. The highest BCUT2D eigenvalue weighted by atomic mass is 35.5. The van der Waals surface area contributed by atoms with Crippen molar-refractivity contribution in [1.29, 1.82) is 5.26 Å². The molecule has 0 saturated carbocycles. The molecule has 192 valence electrons. The molecule has 1 aromatic carbocycles. The minimum atomic E-state index is -0.574. The average molecular weight is 517 g/mol. The SMILES string of the molecule is N#Cc1ncc2nc1OCCCCCOc1cc(OCCCN3CCOCC3)c(Cl)cc1NC(=O)N2. The van der Waals surface area contributed by atoms with Crippen LogP contribution in [0.3, 0.4) is 0 Å². The first-order valence-corrected chi connectivity index (χ1v) is 12.4. The van der Waals surface area contributed by atoms with E-state index in [0.717, 1.165) is 58.5 Å². The van der Waals surface area contributed by atoms with E-state index in [2.05, 4.69) is 25.5 Å². The van der Waals surface area contributed by atoms with Crippen molar-refractivity contribution in [3.05, 3.63) is 29.0 Å². The Kier molecular flexibility index (Phi) is 9.38. The summed E-state index contributed by atoms with van der Waals surface area (Å²) in [6.07, 6.45) is 4.50. The van der Waals surface area contributed by atoms with Gasteiger partial charge in [-0.1, -0.05) is 11.6 Å². The average Bonchev–Trinajstić information content (AvgIpc) is 2.88. The third kappa shape index (κ3) is 7.34. The number of benzene rings is 1. The minimum Gasteiger partial charge on any atom is -0.492 e. The van der Waals surface area contributed by atoms with Crippen molar-refractivity contribution in [2.75, 3.05) is 63.3 Å². The molecule has 3 heterocycles. The Balaban J connectivity index is 1.44. The summed E-state index contributed by atoms with van der Waals surface area (Å²) in [6, 6.07) is 4.67. The number of anilines is 2. The van der Waals surface area contributed by atoms with Crippen molar-refractivity contribution < 1.29 is 23.7 Å².